The SMILES string of the molecule is COc1cccc(N2CCN(C(=O)COc3ccc(NC(C)=O)cn3)CC2)c1. The van der Waals surface area contributed by atoms with Crippen molar-refractivity contribution >= 4 is 23.2 Å². The minimum absolute atomic E-state index is 0.0638. The molecule has 0 saturated carbocycles. The molecule has 1 aliphatic heterocycles. The number of hydrogen-bond donors (Lipinski definition) is 1. The molecule has 0 aliphatic carbocycles. The van der Waals surface area contributed by atoms with E-state index in [1.54, 1.807) is 24.1 Å². The fourth-order valence-electron chi connectivity index (χ4n) is 2.99. The Labute approximate surface area is 164 Å². The lowest BCUT2D eigenvalue weighted by molar-refractivity contribution is -0.133. The van der Waals surface area contributed by atoms with Crippen LogP contribution in [0.3, 0.4) is 0 Å². The average Bonchev–Trinajstić information content (AvgIpc) is 2.73. The van der Waals surface area contributed by atoms with Gasteiger partial charge < -0.3 is 24.6 Å². The molecule has 2 amide bonds. The lowest BCUT2D eigenvalue weighted by Crippen LogP contribution is -2.50. The molecule has 1 N–H and O–H groups in total. The number of anilines is 2. The van der Waals surface area contributed by atoms with Gasteiger partial charge in [-0.25, -0.2) is 4.98 Å². The van der Waals surface area contributed by atoms with Crippen molar-refractivity contribution in [1.82, 2.24) is 9.88 Å². The number of carbonyl (C=O) groups is 2. The van der Waals surface area contributed by atoms with Gasteiger partial charge in [-0.15, -0.1) is 0 Å². The van der Waals surface area contributed by atoms with Crippen LogP contribution in [0.1, 0.15) is 6.92 Å². The molecular formula is C20H24N4O4. The van der Waals surface area contributed by atoms with Gasteiger partial charge in [0.15, 0.2) is 6.61 Å². The van der Waals surface area contributed by atoms with E-state index in [1.165, 1.54) is 13.1 Å². The maximum absolute atomic E-state index is 12.4. The molecule has 28 heavy (non-hydrogen) atoms. The van der Waals surface area contributed by atoms with Gasteiger partial charge in [-0.05, 0) is 18.2 Å². The highest BCUT2D eigenvalue weighted by Crippen LogP contribution is 2.22. The van der Waals surface area contributed by atoms with Gasteiger partial charge >= 0.3 is 0 Å². The predicted octanol–water partition coefficient (Wildman–Crippen LogP) is 1.78. The third-order valence-corrected chi connectivity index (χ3v) is 4.45. The monoisotopic (exact) mass is 384 g/mol. The maximum Gasteiger partial charge on any atom is 0.260 e. The number of benzene rings is 1. The summed E-state index contributed by atoms with van der Waals surface area (Å²) in [5, 5.41) is 2.63. The molecule has 0 radical (unpaired) electrons. The zero-order chi connectivity index (χ0) is 19.9. The Morgan fingerprint density at radius 3 is 2.57 bits per heavy atom. The van der Waals surface area contributed by atoms with Crippen LogP contribution in [-0.4, -0.2) is 61.6 Å². The summed E-state index contributed by atoms with van der Waals surface area (Å²) in [6, 6.07) is 11.2. The summed E-state index contributed by atoms with van der Waals surface area (Å²) >= 11 is 0. The summed E-state index contributed by atoms with van der Waals surface area (Å²) in [5.41, 5.74) is 1.67. The first-order chi connectivity index (χ1) is 13.5. The van der Waals surface area contributed by atoms with Crippen molar-refractivity contribution in [2.75, 3.05) is 50.1 Å². The molecule has 0 spiro atoms. The van der Waals surface area contributed by atoms with E-state index in [0.29, 0.717) is 24.7 Å². The Bertz CT molecular complexity index is 817. The van der Waals surface area contributed by atoms with E-state index < -0.39 is 0 Å². The highest BCUT2D eigenvalue weighted by molar-refractivity contribution is 5.88. The Morgan fingerprint density at radius 1 is 1.14 bits per heavy atom. The van der Waals surface area contributed by atoms with Crippen molar-refractivity contribution < 1.29 is 19.1 Å². The van der Waals surface area contributed by atoms with Gasteiger partial charge in [0.1, 0.15) is 5.75 Å². The number of carbonyl (C=O) groups excluding carboxylic acids is 2. The molecule has 0 unspecified atom stereocenters. The molecular weight excluding hydrogens is 360 g/mol. The quantitative estimate of drug-likeness (QED) is 0.817. The second-order valence-electron chi connectivity index (χ2n) is 6.42. The van der Waals surface area contributed by atoms with Gasteiger partial charge in [0, 0.05) is 50.9 Å². The number of nitrogens with one attached hydrogen (secondary N) is 1. The van der Waals surface area contributed by atoms with Crippen LogP contribution in [0.5, 0.6) is 11.6 Å². The van der Waals surface area contributed by atoms with E-state index in [2.05, 4.69) is 15.2 Å². The molecule has 1 aromatic heterocycles. The molecule has 0 bridgehead atoms. The topological polar surface area (TPSA) is 84.0 Å². The zero-order valence-corrected chi connectivity index (χ0v) is 16.1. The molecule has 1 aliphatic rings. The molecule has 1 saturated heterocycles. The lowest BCUT2D eigenvalue weighted by atomic mass is 10.2. The standard InChI is InChI=1S/C20H24N4O4/c1-15(25)22-16-6-7-19(21-13-16)28-14-20(26)24-10-8-23(9-11-24)17-4-3-5-18(12-17)27-2/h3-7,12-13H,8-11,14H2,1-2H3,(H,22,25). The second-order valence-corrected chi connectivity index (χ2v) is 6.42. The van der Waals surface area contributed by atoms with Crippen LogP contribution in [0, 0.1) is 0 Å². The minimum atomic E-state index is -0.168. The van der Waals surface area contributed by atoms with Crippen LogP contribution in [0.4, 0.5) is 11.4 Å². The molecule has 1 fully saturated rings. The molecule has 148 valence electrons. The molecule has 2 aromatic rings. The third kappa shape index (κ3) is 5.12. The van der Waals surface area contributed by atoms with Crippen molar-refractivity contribution in [2.24, 2.45) is 0 Å². The highest BCUT2D eigenvalue weighted by Gasteiger charge is 2.22. The van der Waals surface area contributed by atoms with Crippen molar-refractivity contribution in [2.45, 2.75) is 6.92 Å². The number of aromatic nitrogens is 1. The normalized spacial score (nSPS) is 13.8. The van der Waals surface area contributed by atoms with E-state index in [-0.39, 0.29) is 18.4 Å². The van der Waals surface area contributed by atoms with E-state index in [9.17, 15) is 9.59 Å². The van der Waals surface area contributed by atoms with Gasteiger partial charge in [-0.1, -0.05) is 6.07 Å². The number of hydrogen-bond acceptors (Lipinski definition) is 6. The summed E-state index contributed by atoms with van der Waals surface area (Å²) in [6.45, 7) is 4.14. The van der Waals surface area contributed by atoms with Crippen molar-refractivity contribution in [3.05, 3.63) is 42.6 Å². The Balaban J connectivity index is 1.46. The average molecular weight is 384 g/mol. The van der Waals surface area contributed by atoms with Crippen LogP contribution in [-0.2, 0) is 9.59 Å². The molecule has 1 aromatic carbocycles. The predicted molar refractivity (Wildman–Crippen MR) is 106 cm³/mol. The van der Waals surface area contributed by atoms with Crippen LogP contribution < -0.4 is 19.7 Å². The van der Waals surface area contributed by atoms with E-state index in [4.69, 9.17) is 9.47 Å². The van der Waals surface area contributed by atoms with Gasteiger partial charge in [-0.3, -0.25) is 9.59 Å². The van der Waals surface area contributed by atoms with Crippen LogP contribution >= 0.6 is 0 Å². The highest BCUT2D eigenvalue weighted by atomic mass is 16.5. The summed E-state index contributed by atoms with van der Waals surface area (Å²) < 4.78 is 10.7. The van der Waals surface area contributed by atoms with Gasteiger partial charge in [0.2, 0.25) is 11.8 Å². The summed E-state index contributed by atoms with van der Waals surface area (Å²) in [6.07, 6.45) is 1.49. The van der Waals surface area contributed by atoms with Crippen LogP contribution in [0.25, 0.3) is 0 Å². The first kappa shape index (κ1) is 19.5. The van der Waals surface area contributed by atoms with Crippen molar-refractivity contribution in [3.8, 4) is 11.6 Å². The smallest absolute Gasteiger partial charge is 0.260 e. The van der Waals surface area contributed by atoms with E-state index in [0.717, 1.165) is 24.5 Å². The number of amides is 2. The summed E-state index contributed by atoms with van der Waals surface area (Å²) in [4.78, 5) is 31.5. The van der Waals surface area contributed by atoms with Crippen molar-refractivity contribution in [1.29, 1.82) is 0 Å². The lowest BCUT2D eigenvalue weighted by Gasteiger charge is -2.36. The third-order valence-electron chi connectivity index (χ3n) is 4.45. The number of methoxy groups -OCH3 is 1. The molecule has 8 heteroatoms. The van der Waals surface area contributed by atoms with Crippen LogP contribution in [0.2, 0.25) is 0 Å². The van der Waals surface area contributed by atoms with Gasteiger partial charge in [0.25, 0.3) is 5.91 Å². The first-order valence-corrected chi connectivity index (χ1v) is 9.08. The summed E-state index contributed by atoms with van der Waals surface area (Å²) in [7, 11) is 1.65. The Kier molecular flexibility index (Phi) is 6.31. The fourth-order valence-corrected chi connectivity index (χ4v) is 2.99. The van der Waals surface area contributed by atoms with Gasteiger partial charge in [0.05, 0.1) is 19.0 Å². The molecule has 8 nitrogen and oxygen atoms in total. The number of piperazine rings is 1. The van der Waals surface area contributed by atoms with Crippen molar-refractivity contribution in [3.63, 3.8) is 0 Å². The van der Waals surface area contributed by atoms with E-state index >= 15 is 0 Å². The van der Waals surface area contributed by atoms with Gasteiger partial charge in [-0.2, -0.15) is 0 Å². The zero-order valence-electron chi connectivity index (χ0n) is 16.1. The number of nitrogens with zero attached hydrogens (tertiary/aromatic N) is 3. The number of pyridine rings is 1. The molecule has 2 heterocycles. The second kappa shape index (κ2) is 9.07. The van der Waals surface area contributed by atoms with Crippen LogP contribution in [0.15, 0.2) is 42.6 Å². The minimum Gasteiger partial charge on any atom is -0.497 e. The Morgan fingerprint density at radius 2 is 1.93 bits per heavy atom. The number of ether oxygens (including phenoxy) is 2. The fraction of sp³-hybridized carbons (Fsp3) is 0.350. The summed E-state index contributed by atoms with van der Waals surface area (Å²) in [5.74, 6) is 0.927. The largest absolute Gasteiger partial charge is 0.497 e. The van der Waals surface area contributed by atoms with E-state index in [1.807, 2.05) is 24.3 Å². The molecule has 3 rings (SSSR count). The molecule has 0 atom stereocenters. The first-order valence-electron chi connectivity index (χ1n) is 9.08. The Hall–Kier alpha value is -3.29. The maximum atomic E-state index is 12.4. The number of rotatable bonds is 6.